The van der Waals surface area contributed by atoms with Gasteiger partial charge in [0.15, 0.2) is 0 Å². The number of hydrogen-bond donors (Lipinski definition) is 3. The van der Waals surface area contributed by atoms with Crippen molar-refractivity contribution < 1.29 is 30.7 Å². The fourth-order valence-corrected chi connectivity index (χ4v) is 3.50. The van der Waals surface area contributed by atoms with Crippen LogP contribution in [-0.2, 0) is 20.2 Å². The van der Waals surface area contributed by atoms with E-state index in [-0.39, 0.29) is 21.8 Å². The third kappa shape index (κ3) is 4.49. The molecule has 0 aromatic heterocycles. The van der Waals surface area contributed by atoms with Gasteiger partial charge in [0.05, 0.1) is 9.79 Å². The summed E-state index contributed by atoms with van der Waals surface area (Å²) in [4.78, 5) is -0.773. The monoisotopic (exact) mass is 421 g/mol. The van der Waals surface area contributed by atoms with Crippen LogP contribution in [0.25, 0.3) is 11.1 Å². The van der Waals surface area contributed by atoms with Crippen LogP contribution in [0.2, 0.25) is 0 Å². The summed E-state index contributed by atoms with van der Waals surface area (Å²) in [6.45, 7) is 0. The molecule has 0 heterocycles. The molecule has 0 aliphatic rings. The maximum Gasteiger partial charge on any atom is 0.294 e. The van der Waals surface area contributed by atoms with Crippen LogP contribution in [-0.4, -0.2) is 25.9 Å². The molecule has 8 nitrogen and oxygen atoms in total. The van der Waals surface area contributed by atoms with Gasteiger partial charge in [0, 0.05) is 11.3 Å². The third-order valence-corrected chi connectivity index (χ3v) is 5.50. The molecule has 0 unspecified atom stereocenters. The average Bonchev–Trinajstić information content (AvgIpc) is 2.62. The van der Waals surface area contributed by atoms with Crippen LogP contribution >= 0.6 is 0 Å². The molecule has 146 valence electrons. The molecular weight excluding hydrogens is 406 g/mol. The molecule has 0 spiro atoms. The molecule has 4 N–H and O–H groups in total. The van der Waals surface area contributed by atoms with Crippen molar-refractivity contribution in [1.29, 1.82) is 0 Å². The molecule has 3 aromatic carbocycles. The molecular formula is C18H15NO7S2. The van der Waals surface area contributed by atoms with E-state index in [1.54, 1.807) is 24.3 Å². The van der Waals surface area contributed by atoms with E-state index < -0.39 is 25.1 Å². The van der Waals surface area contributed by atoms with E-state index in [9.17, 15) is 25.9 Å². The molecule has 10 heteroatoms. The van der Waals surface area contributed by atoms with Crippen molar-refractivity contribution >= 4 is 25.9 Å². The Morgan fingerprint density at radius 1 is 0.750 bits per heavy atom. The second-order valence-electron chi connectivity index (χ2n) is 5.81. The number of ether oxygens (including phenoxy) is 1. The Hall–Kier alpha value is -2.92. The predicted molar refractivity (Wildman–Crippen MR) is 102 cm³/mol. The van der Waals surface area contributed by atoms with E-state index in [0.29, 0.717) is 11.4 Å². The zero-order valence-corrected chi connectivity index (χ0v) is 15.8. The van der Waals surface area contributed by atoms with Gasteiger partial charge in [0.2, 0.25) is 0 Å². The fourth-order valence-electron chi connectivity index (χ4n) is 2.47. The standard InChI is InChI=1S/C18H15NO7S2/c19-13-4-6-14(7-5-13)26-18-9-8-16(28(23,24)25)11-17(18)12-2-1-3-15(10-12)27(20,21)22/h1-11H,19H2,(H,20,21,22)(H,23,24,25). The number of rotatable bonds is 5. The topological polar surface area (TPSA) is 144 Å². The fraction of sp³-hybridized carbons (Fsp3) is 0. The lowest BCUT2D eigenvalue weighted by molar-refractivity contribution is 0.477. The lowest BCUT2D eigenvalue weighted by Gasteiger charge is -2.13. The molecule has 0 saturated carbocycles. The maximum absolute atomic E-state index is 11.5. The second kappa shape index (κ2) is 7.24. The quantitative estimate of drug-likeness (QED) is 0.421. The Bertz CT molecular complexity index is 1240. The first-order chi connectivity index (χ1) is 13.0. The minimum atomic E-state index is -4.51. The lowest BCUT2D eigenvalue weighted by atomic mass is 10.0. The van der Waals surface area contributed by atoms with Gasteiger partial charge in [-0.05, 0) is 60.2 Å². The zero-order valence-electron chi connectivity index (χ0n) is 14.2. The lowest BCUT2D eigenvalue weighted by Crippen LogP contribution is -2.00. The largest absolute Gasteiger partial charge is 0.457 e. The highest BCUT2D eigenvalue weighted by atomic mass is 32.2. The summed E-state index contributed by atoms with van der Waals surface area (Å²) in [7, 11) is -8.98. The van der Waals surface area contributed by atoms with Gasteiger partial charge < -0.3 is 10.5 Å². The van der Waals surface area contributed by atoms with E-state index in [4.69, 9.17) is 10.5 Å². The minimum absolute atomic E-state index is 0.192. The molecule has 0 amide bonds. The first-order valence-electron chi connectivity index (χ1n) is 7.77. The molecule has 0 aliphatic heterocycles. The van der Waals surface area contributed by atoms with Gasteiger partial charge in [-0.1, -0.05) is 12.1 Å². The average molecular weight is 421 g/mol. The van der Waals surface area contributed by atoms with E-state index in [2.05, 4.69) is 0 Å². The second-order valence-corrected chi connectivity index (χ2v) is 8.65. The van der Waals surface area contributed by atoms with Crippen LogP contribution in [0.1, 0.15) is 0 Å². The van der Waals surface area contributed by atoms with Gasteiger partial charge in [0.25, 0.3) is 20.2 Å². The molecule has 0 bridgehead atoms. The Labute approximate surface area is 161 Å². The summed E-state index contributed by atoms with van der Waals surface area (Å²) in [5.41, 5.74) is 6.61. The number of hydrogen-bond acceptors (Lipinski definition) is 6. The molecule has 28 heavy (non-hydrogen) atoms. The van der Waals surface area contributed by atoms with Crippen molar-refractivity contribution in [2.75, 3.05) is 5.73 Å². The highest BCUT2D eigenvalue weighted by molar-refractivity contribution is 7.86. The van der Waals surface area contributed by atoms with Crippen molar-refractivity contribution in [2.24, 2.45) is 0 Å². The van der Waals surface area contributed by atoms with Crippen molar-refractivity contribution in [1.82, 2.24) is 0 Å². The van der Waals surface area contributed by atoms with Gasteiger partial charge in [0.1, 0.15) is 11.5 Å². The summed E-state index contributed by atoms with van der Waals surface area (Å²) in [5.74, 6) is 0.602. The third-order valence-electron chi connectivity index (χ3n) is 3.80. The van der Waals surface area contributed by atoms with Gasteiger partial charge in [-0.3, -0.25) is 9.11 Å². The van der Waals surface area contributed by atoms with Gasteiger partial charge in [-0.2, -0.15) is 16.8 Å². The molecule has 0 radical (unpaired) electrons. The van der Waals surface area contributed by atoms with Crippen molar-refractivity contribution in [3.8, 4) is 22.6 Å². The maximum atomic E-state index is 11.5. The van der Waals surface area contributed by atoms with Crippen LogP contribution < -0.4 is 10.5 Å². The molecule has 3 aromatic rings. The highest BCUT2D eigenvalue weighted by Gasteiger charge is 2.17. The zero-order chi connectivity index (χ0) is 20.5. The van der Waals surface area contributed by atoms with Crippen LogP contribution in [0.15, 0.2) is 76.5 Å². The number of anilines is 1. The van der Waals surface area contributed by atoms with Gasteiger partial charge in [-0.25, -0.2) is 0 Å². The summed E-state index contributed by atoms with van der Waals surface area (Å²) in [6, 6.07) is 15.3. The Kier molecular flexibility index (Phi) is 5.13. The molecule has 0 aliphatic carbocycles. The Morgan fingerprint density at radius 2 is 1.36 bits per heavy atom. The van der Waals surface area contributed by atoms with Crippen LogP contribution in [0.3, 0.4) is 0 Å². The van der Waals surface area contributed by atoms with Crippen LogP contribution in [0.4, 0.5) is 5.69 Å². The number of nitrogens with two attached hydrogens (primary N) is 1. The number of nitrogen functional groups attached to an aromatic ring is 1. The smallest absolute Gasteiger partial charge is 0.294 e. The van der Waals surface area contributed by atoms with Crippen molar-refractivity contribution in [3.63, 3.8) is 0 Å². The van der Waals surface area contributed by atoms with E-state index >= 15 is 0 Å². The van der Waals surface area contributed by atoms with Crippen LogP contribution in [0.5, 0.6) is 11.5 Å². The molecule has 0 saturated heterocycles. The van der Waals surface area contributed by atoms with E-state index in [0.717, 1.165) is 18.2 Å². The van der Waals surface area contributed by atoms with E-state index in [1.807, 2.05) is 0 Å². The minimum Gasteiger partial charge on any atom is -0.457 e. The molecule has 0 atom stereocenters. The van der Waals surface area contributed by atoms with E-state index in [1.165, 1.54) is 24.3 Å². The summed E-state index contributed by atoms with van der Waals surface area (Å²) < 4.78 is 70.3. The summed E-state index contributed by atoms with van der Waals surface area (Å²) in [5, 5.41) is 0. The van der Waals surface area contributed by atoms with Crippen molar-refractivity contribution in [3.05, 3.63) is 66.7 Å². The first-order valence-corrected chi connectivity index (χ1v) is 10.6. The van der Waals surface area contributed by atoms with Crippen LogP contribution in [0, 0.1) is 0 Å². The number of benzene rings is 3. The molecule has 3 rings (SSSR count). The van der Waals surface area contributed by atoms with Gasteiger partial charge in [-0.15, -0.1) is 0 Å². The van der Waals surface area contributed by atoms with Gasteiger partial charge >= 0.3 is 0 Å². The predicted octanol–water partition coefficient (Wildman–Crippen LogP) is 3.22. The summed E-state index contributed by atoms with van der Waals surface area (Å²) in [6.07, 6.45) is 0. The summed E-state index contributed by atoms with van der Waals surface area (Å²) >= 11 is 0. The SMILES string of the molecule is Nc1ccc(Oc2ccc(S(=O)(=O)O)cc2-c2cccc(S(=O)(=O)O)c2)cc1. The molecule has 0 fully saturated rings. The normalized spacial score (nSPS) is 11.9. The Balaban J connectivity index is 2.17. The van der Waals surface area contributed by atoms with Crippen molar-refractivity contribution in [2.45, 2.75) is 9.79 Å². The Morgan fingerprint density at radius 3 is 1.96 bits per heavy atom. The first kappa shape index (κ1) is 19.8. The highest BCUT2D eigenvalue weighted by Crippen LogP contribution is 2.36.